The standard InChI is InChI=1S/C24H21ClFN9O4/c1-13-9-15(31-34(13)2)10-18(23(37)30-20-7-3-14(11-27-20)24(38)39)29-21(36)8-4-16-19(35-12-28-32-33-35)6-5-17(25)22(16)26/h3-9,11-12,18H,10H2,1-2H3,(H,29,36)(H,38,39)(H,27,30,37)/t18-/m0/s1. The van der Waals surface area contributed by atoms with Crippen LogP contribution in [-0.4, -0.2) is 63.9 Å². The fourth-order valence-electron chi connectivity index (χ4n) is 3.53. The molecule has 13 nitrogen and oxygen atoms in total. The van der Waals surface area contributed by atoms with Gasteiger partial charge in [-0.3, -0.25) is 14.3 Å². The van der Waals surface area contributed by atoms with E-state index in [4.69, 9.17) is 16.7 Å². The first-order valence-corrected chi connectivity index (χ1v) is 11.7. The van der Waals surface area contributed by atoms with Crippen LogP contribution in [-0.2, 0) is 23.1 Å². The summed E-state index contributed by atoms with van der Waals surface area (Å²) in [6.07, 6.45) is 4.62. The number of amides is 2. The molecule has 0 spiro atoms. The Morgan fingerprint density at radius 3 is 2.64 bits per heavy atom. The van der Waals surface area contributed by atoms with Crippen LogP contribution in [0.2, 0.25) is 5.02 Å². The van der Waals surface area contributed by atoms with Crippen molar-refractivity contribution in [3.8, 4) is 5.69 Å². The summed E-state index contributed by atoms with van der Waals surface area (Å²) in [6.45, 7) is 1.84. The number of carboxylic acids is 1. The fourth-order valence-corrected chi connectivity index (χ4v) is 3.69. The van der Waals surface area contributed by atoms with Gasteiger partial charge in [0.15, 0.2) is 5.82 Å². The van der Waals surface area contributed by atoms with E-state index in [1.54, 1.807) is 17.8 Å². The number of aryl methyl sites for hydroxylation is 2. The average molecular weight is 554 g/mol. The number of carbonyl (C=O) groups excluding carboxylic acids is 2. The van der Waals surface area contributed by atoms with Gasteiger partial charge in [-0.15, -0.1) is 5.10 Å². The highest BCUT2D eigenvalue weighted by Crippen LogP contribution is 2.25. The van der Waals surface area contributed by atoms with Gasteiger partial charge in [-0.1, -0.05) is 11.6 Å². The van der Waals surface area contributed by atoms with Crippen LogP contribution in [0, 0.1) is 12.7 Å². The van der Waals surface area contributed by atoms with Gasteiger partial charge in [-0.05, 0) is 53.8 Å². The smallest absolute Gasteiger partial charge is 0.337 e. The highest BCUT2D eigenvalue weighted by atomic mass is 35.5. The SMILES string of the molecule is Cc1cc(C[C@H](NC(=O)C=Cc2c(-n3cnnn3)ccc(Cl)c2F)C(=O)Nc2ccc(C(=O)O)cn2)nn1C. The maximum absolute atomic E-state index is 14.8. The molecule has 4 aromatic rings. The van der Waals surface area contributed by atoms with Crippen LogP contribution in [0.5, 0.6) is 0 Å². The zero-order valence-corrected chi connectivity index (χ0v) is 21.3. The predicted molar refractivity (Wildman–Crippen MR) is 137 cm³/mol. The van der Waals surface area contributed by atoms with E-state index in [0.29, 0.717) is 5.69 Å². The molecule has 4 rings (SSSR count). The molecule has 200 valence electrons. The van der Waals surface area contributed by atoms with Gasteiger partial charge in [-0.25, -0.2) is 14.2 Å². The van der Waals surface area contributed by atoms with Crippen LogP contribution in [0.15, 0.2) is 48.9 Å². The Hall–Kier alpha value is -4.98. The highest BCUT2D eigenvalue weighted by Gasteiger charge is 2.23. The number of hydrogen-bond donors (Lipinski definition) is 3. The Labute approximate surface area is 225 Å². The van der Waals surface area contributed by atoms with E-state index in [-0.39, 0.29) is 34.1 Å². The number of nitrogens with zero attached hydrogens (tertiary/aromatic N) is 7. The molecular weight excluding hydrogens is 533 g/mol. The lowest BCUT2D eigenvalue weighted by molar-refractivity contribution is -0.123. The van der Waals surface area contributed by atoms with Gasteiger partial charge in [0.2, 0.25) is 11.8 Å². The average Bonchev–Trinajstić information content (AvgIpc) is 3.54. The molecule has 2 amide bonds. The molecule has 0 bridgehead atoms. The molecule has 3 aromatic heterocycles. The molecule has 1 atom stereocenters. The predicted octanol–water partition coefficient (Wildman–Crippen LogP) is 1.97. The molecule has 0 fully saturated rings. The molecule has 0 aliphatic heterocycles. The van der Waals surface area contributed by atoms with E-state index < -0.39 is 29.6 Å². The van der Waals surface area contributed by atoms with Gasteiger partial charge in [0, 0.05) is 37.0 Å². The molecule has 0 saturated carbocycles. The number of pyridine rings is 1. The summed E-state index contributed by atoms with van der Waals surface area (Å²) in [6, 6.07) is 6.08. The molecule has 0 saturated heterocycles. The Bertz CT molecular complexity index is 1530. The second-order valence-electron chi connectivity index (χ2n) is 8.27. The number of hydrogen-bond acceptors (Lipinski definition) is 8. The third-order valence-electron chi connectivity index (χ3n) is 5.58. The Balaban J connectivity index is 1.56. The number of nitrogens with one attached hydrogen (secondary N) is 2. The third kappa shape index (κ3) is 6.48. The van der Waals surface area contributed by atoms with E-state index in [1.165, 1.54) is 41.4 Å². The zero-order chi connectivity index (χ0) is 28.1. The summed E-state index contributed by atoms with van der Waals surface area (Å²) in [7, 11) is 1.74. The molecule has 1 aromatic carbocycles. The largest absolute Gasteiger partial charge is 0.478 e. The Morgan fingerprint density at radius 1 is 1.23 bits per heavy atom. The number of halogens is 2. The number of carbonyl (C=O) groups is 3. The van der Waals surface area contributed by atoms with E-state index in [0.717, 1.165) is 18.0 Å². The number of rotatable bonds is 9. The van der Waals surface area contributed by atoms with Crippen molar-refractivity contribution in [2.75, 3.05) is 5.32 Å². The van der Waals surface area contributed by atoms with Gasteiger partial charge >= 0.3 is 5.97 Å². The van der Waals surface area contributed by atoms with Gasteiger partial charge < -0.3 is 15.7 Å². The zero-order valence-electron chi connectivity index (χ0n) is 20.5. The van der Waals surface area contributed by atoms with E-state index in [2.05, 4.69) is 36.2 Å². The van der Waals surface area contributed by atoms with Crippen LogP contribution in [0.3, 0.4) is 0 Å². The lowest BCUT2D eigenvalue weighted by Gasteiger charge is -2.16. The summed E-state index contributed by atoms with van der Waals surface area (Å²) in [4.78, 5) is 41.0. The second kappa shape index (κ2) is 11.6. The van der Waals surface area contributed by atoms with Crippen LogP contribution < -0.4 is 10.6 Å². The lowest BCUT2D eigenvalue weighted by Crippen LogP contribution is -2.45. The molecule has 3 N–H and O–H groups in total. The topological polar surface area (TPSA) is 170 Å². The molecule has 0 aliphatic carbocycles. The van der Waals surface area contributed by atoms with Crippen LogP contribution >= 0.6 is 11.6 Å². The van der Waals surface area contributed by atoms with Crippen LogP contribution in [0.25, 0.3) is 11.8 Å². The minimum absolute atomic E-state index is 0.0295. The number of aromatic carboxylic acids is 1. The summed E-state index contributed by atoms with van der Waals surface area (Å²) in [5.41, 5.74) is 1.51. The van der Waals surface area contributed by atoms with Gasteiger partial charge in [-0.2, -0.15) is 9.78 Å². The van der Waals surface area contributed by atoms with E-state index >= 15 is 0 Å². The number of carboxylic acid groups (broad SMARTS) is 1. The number of anilines is 1. The van der Waals surface area contributed by atoms with Crippen molar-refractivity contribution in [1.82, 2.24) is 40.3 Å². The highest BCUT2D eigenvalue weighted by molar-refractivity contribution is 6.31. The van der Waals surface area contributed by atoms with Crippen molar-refractivity contribution < 1.29 is 23.9 Å². The maximum atomic E-state index is 14.8. The van der Waals surface area contributed by atoms with Crippen molar-refractivity contribution >= 4 is 41.3 Å². The van der Waals surface area contributed by atoms with E-state index in [1.807, 2.05) is 6.92 Å². The van der Waals surface area contributed by atoms with Crippen molar-refractivity contribution in [2.24, 2.45) is 7.05 Å². The van der Waals surface area contributed by atoms with Gasteiger partial charge in [0.25, 0.3) is 0 Å². The maximum Gasteiger partial charge on any atom is 0.337 e. The second-order valence-corrected chi connectivity index (χ2v) is 8.68. The normalized spacial score (nSPS) is 11.9. The van der Waals surface area contributed by atoms with Crippen molar-refractivity contribution in [3.63, 3.8) is 0 Å². The molecule has 0 radical (unpaired) electrons. The van der Waals surface area contributed by atoms with Crippen LogP contribution in [0.1, 0.15) is 27.3 Å². The summed E-state index contributed by atoms with van der Waals surface area (Å²) in [5, 5.41) is 29.1. The van der Waals surface area contributed by atoms with Gasteiger partial charge in [0.05, 0.1) is 22.0 Å². The van der Waals surface area contributed by atoms with E-state index in [9.17, 15) is 18.8 Å². The minimum Gasteiger partial charge on any atom is -0.478 e. The first kappa shape index (κ1) is 27.1. The molecule has 3 heterocycles. The van der Waals surface area contributed by atoms with Crippen molar-refractivity contribution in [3.05, 3.63) is 82.3 Å². The third-order valence-corrected chi connectivity index (χ3v) is 5.87. The molecule has 0 unspecified atom stereocenters. The summed E-state index contributed by atoms with van der Waals surface area (Å²) < 4.78 is 17.7. The minimum atomic E-state index is -1.16. The molecule has 39 heavy (non-hydrogen) atoms. The number of tetrazole rings is 1. The lowest BCUT2D eigenvalue weighted by atomic mass is 10.1. The van der Waals surface area contributed by atoms with Crippen molar-refractivity contribution in [1.29, 1.82) is 0 Å². The first-order valence-electron chi connectivity index (χ1n) is 11.3. The monoisotopic (exact) mass is 553 g/mol. The first-order chi connectivity index (χ1) is 18.6. The number of aromatic nitrogens is 7. The summed E-state index contributed by atoms with van der Waals surface area (Å²) >= 11 is 5.93. The Kier molecular flexibility index (Phi) is 8.05. The summed E-state index contributed by atoms with van der Waals surface area (Å²) in [5.74, 6) is -3.20. The van der Waals surface area contributed by atoms with Gasteiger partial charge in [0.1, 0.15) is 18.2 Å². The van der Waals surface area contributed by atoms with Crippen molar-refractivity contribution in [2.45, 2.75) is 19.4 Å². The Morgan fingerprint density at radius 2 is 2.03 bits per heavy atom. The molecular formula is C24H21ClFN9O4. The molecule has 0 aliphatic rings. The molecule has 15 heteroatoms. The number of benzene rings is 1. The fraction of sp³-hybridized carbons (Fsp3) is 0.167. The van der Waals surface area contributed by atoms with Crippen LogP contribution in [0.4, 0.5) is 10.2 Å². The quantitative estimate of drug-likeness (QED) is 0.262.